The molecule has 4 heterocycles. The molecule has 0 bridgehead atoms. The molecule has 4 aliphatic rings. The number of piperidine rings is 2. The lowest BCUT2D eigenvalue weighted by molar-refractivity contribution is -0.384. The number of nitrogens with zero attached hydrogens (tertiary/aromatic N) is 7. The van der Waals surface area contributed by atoms with E-state index in [1.54, 1.807) is 36.4 Å². The number of rotatable bonds is 15. The average Bonchev–Trinajstić information content (AvgIpc) is 3.25. The Kier molecular flexibility index (Phi) is 11.5. The molecule has 60 heavy (non-hydrogen) atoms. The van der Waals surface area contributed by atoms with Crippen molar-refractivity contribution in [3.8, 4) is 0 Å². The normalized spacial score (nSPS) is 16.9. The molecule has 0 radical (unpaired) electrons. The van der Waals surface area contributed by atoms with Crippen molar-refractivity contribution in [2.45, 2.75) is 64.8 Å². The van der Waals surface area contributed by atoms with E-state index in [-0.39, 0.29) is 41.6 Å². The third-order valence-electron chi connectivity index (χ3n) is 12.5. The highest BCUT2D eigenvalue weighted by atomic mass is 16.6. The van der Waals surface area contributed by atoms with Crippen LogP contribution in [0.4, 0.5) is 22.7 Å². The van der Waals surface area contributed by atoms with Crippen LogP contribution in [0.15, 0.2) is 48.5 Å². The minimum atomic E-state index is -0.553. The van der Waals surface area contributed by atoms with Crippen LogP contribution in [0.25, 0.3) is 21.5 Å². The predicted molar refractivity (Wildman–Crippen MR) is 228 cm³/mol. The maximum Gasteiger partial charge on any atom is 0.293 e. The summed E-state index contributed by atoms with van der Waals surface area (Å²) in [4.78, 5) is 87.8. The Hall–Kier alpha value is -6.00. The van der Waals surface area contributed by atoms with Crippen molar-refractivity contribution in [2.75, 3.05) is 75.2 Å². The molecular weight excluding hydrogens is 769 g/mol. The molecule has 4 amide bonds. The first kappa shape index (κ1) is 40.8. The highest BCUT2D eigenvalue weighted by molar-refractivity contribution is 6.29. The Morgan fingerprint density at radius 1 is 0.617 bits per heavy atom. The van der Waals surface area contributed by atoms with Crippen molar-refractivity contribution in [3.05, 3.63) is 91.0 Å². The van der Waals surface area contributed by atoms with Crippen LogP contribution in [0, 0.1) is 20.2 Å². The Morgan fingerprint density at radius 2 is 1.07 bits per heavy atom. The second-order valence-electron chi connectivity index (χ2n) is 16.4. The van der Waals surface area contributed by atoms with E-state index in [1.165, 1.54) is 17.0 Å². The van der Waals surface area contributed by atoms with Crippen LogP contribution in [0.2, 0.25) is 0 Å². The number of hydrogen-bond donors (Lipinski definition) is 1. The van der Waals surface area contributed by atoms with E-state index in [0.29, 0.717) is 103 Å². The molecule has 16 nitrogen and oxygen atoms in total. The fourth-order valence-electron chi connectivity index (χ4n) is 9.53. The highest BCUT2D eigenvalue weighted by Crippen LogP contribution is 2.44. The van der Waals surface area contributed by atoms with Gasteiger partial charge in [-0.15, -0.1) is 0 Å². The summed E-state index contributed by atoms with van der Waals surface area (Å²) in [6.45, 7) is 8.81. The number of imide groups is 2. The fraction of sp³-hybridized carbons (Fsp3) is 0.455. The van der Waals surface area contributed by atoms with Crippen LogP contribution in [-0.4, -0.2) is 120 Å². The fourth-order valence-corrected chi connectivity index (χ4v) is 9.53. The highest BCUT2D eigenvalue weighted by Gasteiger charge is 2.39. The van der Waals surface area contributed by atoms with E-state index in [4.69, 9.17) is 0 Å². The lowest BCUT2D eigenvalue weighted by atomic mass is 9.91. The summed E-state index contributed by atoms with van der Waals surface area (Å²) in [6.07, 6.45) is 6.44. The van der Waals surface area contributed by atoms with Crippen molar-refractivity contribution >= 4 is 67.9 Å². The Morgan fingerprint density at radius 3 is 1.52 bits per heavy atom. The molecule has 0 aromatic heterocycles. The van der Waals surface area contributed by atoms with Gasteiger partial charge in [-0.1, -0.05) is 24.3 Å². The quantitative estimate of drug-likeness (QED) is 0.0606. The third-order valence-corrected chi connectivity index (χ3v) is 12.5. The van der Waals surface area contributed by atoms with E-state index in [2.05, 4.69) is 10.2 Å². The third kappa shape index (κ3) is 7.31. The molecule has 0 aliphatic carbocycles. The van der Waals surface area contributed by atoms with Crippen LogP contribution in [0.1, 0.15) is 100 Å². The van der Waals surface area contributed by atoms with Crippen LogP contribution < -0.4 is 15.1 Å². The van der Waals surface area contributed by atoms with E-state index in [9.17, 15) is 39.4 Å². The molecule has 8 rings (SSSR count). The van der Waals surface area contributed by atoms with E-state index in [0.717, 1.165) is 43.4 Å². The molecule has 2 saturated heterocycles. The Balaban J connectivity index is 0.894. The van der Waals surface area contributed by atoms with Crippen molar-refractivity contribution in [1.82, 2.24) is 20.0 Å². The van der Waals surface area contributed by atoms with Crippen molar-refractivity contribution in [3.63, 3.8) is 0 Å². The van der Waals surface area contributed by atoms with Gasteiger partial charge in [-0.3, -0.25) is 54.1 Å². The monoisotopic (exact) mass is 818 g/mol. The number of nitrogens with one attached hydrogen (secondary N) is 1. The van der Waals surface area contributed by atoms with Gasteiger partial charge in [0.05, 0.1) is 21.0 Å². The second-order valence-corrected chi connectivity index (χ2v) is 16.4. The van der Waals surface area contributed by atoms with Gasteiger partial charge < -0.3 is 15.1 Å². The molecule has 0 atom stereocenters. The van der Waals surface area contributed by atoms with Crippen molar-refractivity contribution < 1.29 is 29.0 Å². The molecule has 0 saturated carbocycles. The summed E-state index contributed by atoms with van der Waals surface area (Å²) in [5, 5.41) is 30.1. The molecule has 1 N–H and O–H groups in total. The van der Waals surface area contributed by atoms with Gasteiger partial charge in [0.25, 0.3) is 35.0 Å². The van der Waals surface area contributed by atoms with Crippen LogP contribution in [0.5, 0.6) is 0 Å². The molecule has 16 heteroatoms. The zero-order valence-electron chi connectivity index (χ0n) is 34.1. The van der Waals surface area contributed by atoms with E-state index < -0.39 is 33.5 Å². The first-order valence-corrected chi connectivity index (χ1v) is 21.1. The predicted octanol–water partition coefficient (Wildman–Crippen LogP) is 6.37. The van der Waals surface area contributed by atoms with Crippen molar-refractivity contribution in [2.24, 2.45) is 0 Å². The van der Waals surface area contributed by atoms with Gasteiger partial charge in [-0.05, 0) is 84.0 Å². The summed E-state index contributed by atoms with van der Waals surface area (Å²) >= 11 is 0. The molecule has 314 valence electrons. The molecule has 4 aromatic carbocycles. The molecule has 2 fully saturated rings. The summed E-state index contributed by atoms with van der Waals surface area (Å²) in [5.41, 5.74) is 1.73. The molecule has 0 spiro atoms. The molecule has 4 aliphatic heterocycles. The number of benzene rings is 4. The summed E-state index contributed by atoms with van der Waals surface area (Å²) < 4.78 is 0. The number of anilines is 2. The number of nitro benzene ring substituents is 2. The topological polar surface area (TPSA) is 183 Å². The zero-order chi connectivity index (χ0) is 42.2. The van der Waals surface area contributed by atoms with Gasteiger partial charge in [0.1, 0.15) is 11.4 Å². The van der Waals surface area contributed by atoms with Crippen LogP contribution >= 0.6 is 0 Å². The standard InChI is InChI=1S/C44H50N8O8/c1-28(2)46(24-25-50-42(54)32-15-10-13-30-38(32)34(44(50)56)27-36(52(59)60)40(30)48-20-7-4-8-21-48)22-11-16-45-17-23-49-41(53)31-14-9-12-29-37(31)33(43(49)55)26-35(51(57)58)39(29)47-18-5-3-6-19-47/h9-10,12-15,26-28,45H,3-8,11,16-25H2,1-2H3. The SMILES string of the molecule is CC(C)N(CCCNCCN1C(=O)c2cccc3c(N4CCCCC4)c([N+](=O)[O-])cc(c23)C1=O)CCN1C(=O)c2cccc3c(N4CCCCC4)c([N+](=O)[O-])cc(c23)C1=O. The minimum absolute atomic E-state index is 0.0775. The first-order valence-electron chi connectivity index (χ1n) is 21.1. The average molecular weight is 819 g/mol. The van der Waals surface area contributed by atoms with E-state index >= 15 is 0 Å². The summed E-state index contributed by atoms with van der Waals surface area (Å²) in [7, 11) is 0. The van der Waals surface area contributed by atoms with Gasteiger partial charge in [-0.25, -0.2) is 0 Å². The van der Waals surface area contributed by atoms with E-state index in [1.807, 2.05) is 23.6 Å². The van der Waals surface area contributed by atoms with Crippen molar-refractivity contribution in [1.29, 1.82) is 0 Å². The Labute approximate surface area is 347 Å². The van der Waals surface area contributed by atoms with Crippen LogP contribution in [0.3, 0.4) is 0 Å². The van der Waals surface area contributed by atoms with Gasteiger partial charge in [-0.2, -0.15) is 0 Å². The molecule has 4 aromatic rings. The number of hydrogen-bond acceptors (Lipinski definition) is 12. The maximum absolute atomic E-state index is 14.0. The molecule has 0 unspecified atom stereocenters. The smallest absolute Gasteiger partial charge is 0.293 e. The molecular formula is C44H50N8O8. The lowest BCUT2D eigenvalue weighted by Gasteiger charge is -2.33. The summed E-state index contributed by atoms with van der Waals surface area (Å²) in [6, 6.07) is 13.1. The number of nitro groups is 2. The number of carbonyl (C=O) groups is 4. The maximum atomic E-state index is 14.0. The van der Waals surface area contributed by atoms with Gasteiger partial charge >= 0.3 is 0 Å². The largest absolute Gasteiger partial charge is 0.365 e. The number of amides is 4. The summed E-state index contributed by atoms with van der Waals surface area (Å²) in [5.74, 6) is -1.94. The first-order chi connectivity index (χ1) is 29.0. The zero-order valence-corrected chi connectivity index (χ0v) is 34.1. The van der Waals surface area contributed by atoms with Gasteiger partial charge in [0.15, 0.2) is 0 Å². The number of carbonyl (C=O) groups excluding carboxylic acids is 4. The second kappa shape index (κ2) is 16.9. The minimum Gasteiger partial charge on any atom is -0.365 e. The van der Waals surface area contributed by atoms with Gasteiger partial charge in [0.2, 0.25) is 0 Å². The van der Waals surface area contributed by atoms with Gasteiger partial charge in [0, 0.05) is 103 Å². The van der Waals surface area contributed by atoms with Crippen LogP contribution in [-0.2, 0) is 0 Å². The lowest BCUT2D eigenvalue weighted by Crippen LogP contribution is -2.46. The Bertz CT molecular complexity index is 2420.